The van der Waals surface area contributed by atoms with Gasteiger partial charge in [0.15, 0.2) is 0 Å². The topological polar surface area (TPSA) is 96.0 Å². The van der Waals surface area contributed by atoms with E-state index in [0.717, 1.165) is 0 Å². The van der Waals surface area contributed by atoms with Crippen LogP contribution in [-0.2, 0) is 33.4 Å². The molecule has 2 atom stereocenters. The Morgan fingerprint density at radius 1 is 0.966 bits per heavy atom. The molecule has 1 saturated carbocycles. The molecule has 0 bridgehead atoms. The van der Waals surface area contributed by atoms with E-state index >= 15 is 0 Å². The smallest absolute Gasteiger partial charge is 0.336 e. The molecule has 2 rings (SSSR count). The van der Waals surface area contributed by atoms with Gasteiger partial charge in [-0.05, 0) is 61.3 Å². The predicted molar refractivity (Wildman–Crippen MR) is 105 cm³/mol. The second-order valence-corrected chi connectivity index (χ2v) is 9.58. The van der Waals surface area contributed by atoms with E-state index in [1.54, 1.807) is 48.5 Å². The van der Waals surface area contributed by atoms with Gasteiger partial charge in [0, 0.05) is 6.42 Å². The maximum absolute atomic E-state index is 13.1. The first-order valence-electron chi connectivity index (χ1n) is 10.2. The Hall–Kier alpha value is -2.18. The Morgan fingerprint density at radius 3 is 2.03 bits per heavy atom. The van der Waals surface area contributed by atoms with Gasteiger partial charge in [0.1, 0.15) is 22.9 Å². The van der Waals surface area contributed by atoms with Gasteiger partial charge >= 0.3 is 17.9 Å². The lowest BCUT2D eigenvalue weighted by atomic mass is 9.50. The van der Waals surface area contributed by atoms with Crippen LogP contribution < -0.4 is 0 Å². The van der Waals surface area contributed by atoms with Gasteiger partial charge in [-0.2, -0.15) is 0 Å². The van der Waals surface area contributed by atoms with Crippen molar-refractivity contribution in [2.45, 2.75) is 85.4 Å². The zero-order valence-corrected chi connectivity index (χ0v) is 18.5. The number of hydrogen-bond acceptors (Lipinski definition) is 7. The Balaban J connectivity index is 2.64. The zero-order chi connectivity index (χ0) is 22.2. The first-order chi connectivity index (χ1) is 13.2. The standard InChI is InChI=1S/C22H32O7/c1-8-27-18(25)15-14(17(24)28-20(2,3)4)16(19(26)29-21(5,6)7)22(15)12-10-9-11-13(22)23/h16H,8-12H2,1-7H3/t16-,22-/m0/s1. The maximum atomic E-state index is 13.1. The highest BCUT2D eigenvalue weighted by atomic mass is 16.6. The Labute approximate surface area is 172 Å². The minimum absolute atomic E-state index is 0.0332. The average molecular weight is 408 g/mol. The Morgan fingerprint density at radius 2 is 1.55 bits per heavy atom. The summed E-state index contributed by atoms with van der Waals surface area (Å²) in [5, 5.41) is 0. The maximum Gasteiger partial charge on any atom is 0.336 e. The number of hydrogen-bond donors (Lipinski definition) is 0. The van der Waals surface area contributed by atoms with Crippen molar-refractivity contribution in [1.82, 2.24) is 0 Å². The van der Waals surface area contributed by atoms with Crippen molar-refractivity contribution < 1.29 is 33.4 Å². The molecule has 0 radical (unpaired) electrons. The van der Waals surface area contributed by atoms with Crippen molar-refractivity contribution in [3.05, 3.63) is 11.1 Å². The minimum atomic E-state index is -1.38. The van der Waals surface area contributed by atoms with E-state index in [4.69, 9.17) is 14.2 Å². The number of ether oxygens (including phenoxy) is 3. The summed E-state index contributed by atoms with van der Waals surface area (Å²) in [5.41, 5.74) is -3.16. The average Bonchev–Trinajstić information content (AvgIpc) is 2.50. The summed E-state index contributed by atoms with van der Waals surface area (Å²) in [5.74, 6) is -3.62. The van der Waals surface area contributed by atoms with E-state index in [1.807, 2.05) is 0 Å². The van der Waals surface area contributed by atoms with Crippen molar-refractivity contribution in [2.75, 3.05) is 6.61 Å². The van der Waals surface area contributed by atoms with E-state index in [9.17, 15) is 19.2 Å². The lowest BCUT2D eigenvalue weighted by Crippen LogP contribution is -2.59. The molecule has 7 heteroatoms. The molecule has 0 amide bonds. The number of carbonyl (C=O) groups is 4. The van der Waals surface area contributed by atoms with Gasteiger partial charge in [0.05, 0.1) is 23.2 Å². The number of ketones is 1. The third-order valence-electron chi connectivity index (χ3n) is 4.96. The van der Waals surface area contributed by atoms with Crippen molar-refractivity contribution in [3.63, 3.8) is 0 Å². The second-order valence-electron chi connectivity index (χ2n) is 9.58. The van der Waals surface area contributed by atoms with E-state index in [2.05, 4.69) is 0 Å². The fraction of sp³-hybridized carbons (Fsp3) is 0.727. The van der Waals surface area contributed by atoms with Gasteiger partial charge in [-0.3, -0.25) is 9.59 Å². The molecule has 0 aliphatic heterocycles. The molecule has 0 aromatic carbocycles. The van der Waals surface area contributed by atoms with Crippen LogP contribution in [-0.4, -0.2) is 41.5 Å². The van der Waals surface area contributed by atoms with Crippen molar-refractivity contribution >= 4 is 23.7 Å². The molecule has 0 heterocycles. The summed E-state index contributed by atoms with van der Waals surface area (Å²) in [7, 11) is 0. The van der Waals surface area contributed by atoms with Gasteiger partial charge in [-0.15, -0.1) is 0 Å². The molecule has 1 fully saturated rings. The zero-order valence-electron chi connectivity index (χ0n) is 18.5. The molecular weight excluding hydrogens is 376 g/mol. The molecule has 162 valence electrons. The summed E-state index contributed by atoms with van der Waals surface area (Å²) >= 11 is 0. The van der Waals surface area contributed by atoms with Crippen LogP contribution in [0.1, 0.15) is 74.1 Å². The molecule has 0 aromatic heterocycles. The molecule has 0 unspecified atom stereocenters. The highest BCUT2D eigenvalue weighted by Crippen LogP contribution is 2.59. The van der Waals surface area contributed by atoms with Gasteiger partial charge in [0.2, 0.25) is 0 Å². The SMILES string of the molecule is CCOC(=O)C1=C(C(=O)OC(C)(C)C)[C@@H](C(=O)OC(C)(C)C)[C@]12CCCCC2=O. The normalized spacial score (nSPS) is 24.8. The quantitative estimate of drug-likeness (QED) is 0.520. The highest BCUT2D eigenvalue weighted by Gasteiger charge is 2.67. The Bertz CT molecular complexity index is 748. The predicted octanol–water partition coefficient (Wildman–Crippen LogP) is 3.29. The molecule has 1 spiro atoms. The molecule has 0 aromatic rings. The summed E-state index contributed by atoms with van der Waals surface area (Å²) in [6, 6.07) is 0. The first kappa shape index (κ1) is 23.1. The third kappa shape index (κ3) is 4.54. The lowest BCUT2D eigenvalue weighted by molar-refractivity contribution is -0.173. The van der Waals surface area contributed by atoms with Gasteiger partial charge in [0.25, 0.3) is 0 Å². The van der Waals surface area contributed by atoms with Gasteiger partial charge in [-0.25, -0.2) is 9.59 Å². The summed E-state index contributed by atoms with van der Waals surface area (Å²) in [6.07, 6.45) is 1.88. The minimum Gasteiger partial charge on any atom is -0.463 e. The Kier molecular flexibility index (Phi) is 6.31. The van der Waals surface area contributed by atoms with Crippen LogP contribution in [0.3, 0.4) is 0 Å². The van der Waals surface area contributed by atoms with E-state index < -0.39 is 40.4 Å². The number of rotatable bonds is 4. The van der Waals surface area contributed by atoms with Crippen LogP contribution in [0.4, 0.5) is 0 Å². The monoisotopic (exact) mass is 408 g/mol. The molecule has 2 aliphatic rings. The van der Waals surface area contributed by atoms with Crippen molar-refractivity contribution in [2.24, 2.45) is 11.3 Å². The highest BCUT2D eigenvalue weighted by molar-refractivity contribution is 6.16. The largest absolute Gasteiger partial charge is 0.463 e. The van der Waals surface area contributed by atoms with E-state index in [1.165, 1.54) is 0 Å². The summed E-state index contributed by atoms with van der Waals surface area (Å²) in [6.45, 7) is 11.9. The van der Waals surface area contributed by atoms with E-state index in [-0.39, 0.29) is 30.0 Å². The number of Topliss-reactive ketones (excluding diaryl/α,β-unsaturated/α-hetero) is 1. The second kappa shape index (κ2) is 7.92. The van der Waals surface area contributed by atoms with Crippen LogP contribution in [0.2, 0.25) is 0 Å². The fourth-order valence-electron chi connectivity index (χ4n) is 4.05. The molecule has 7 nitrogen and oxygen atoms in total. The van der Waals surface area contributed by atoms with Crippen LogP contribution in [0.15, 0.2) is 11.1 Å². The van der Waals surface area contributed by atoms with Crippen molar-refractivity contribution in [1.29, 1.82) is 0 Å². The number of carbonyl (C=O) groups excluding carboxylic acids is 4. The molecule has 0 saturated heterocycles. The number of esters is 3. The van der Waals surface area contributed by atoms with Crippen LogP contribution in [0, 0.1) is 11.3 Å². The van der Waals surface area contributed by atoms with Gasteiger partial charge in [-0.1, -0.05) is 6.42 Å². The van der Waals surface area contributed by atoms with Crippen molar-refractivity contribution in [3.8, 4) is 0 Å². The fourth-order valence-corrected chi connectivity index (χ4v) is 4.05. The van der Waals surface area contributed by atoms with Crippen LogP contribution >= 0.6 is 0 Å². The van der Waals surface area contributed by atoms with E-state index in [0.29, 0.717) is 19.3 Å². The molecule has 0 N–H and O–H groups in total. The van der Waals surface area contributed by atoms with Crippen LogP contribution in [0.25, 0.3) is 0 Å². The van der Waals surface area contributed by atoms with Gasteiger partial charge < -0.3 is 14.2 Å². The third-order valence-corrected chi connectivity index (χ3v) is 4.96. The molecule has 2 aliphatic carbocycles. The lowest BCUT2D eigenvalue weighted by Gasteiger charge is -2.50. The summed E-state index contributed by atoms with van der Waals surface area (Å²) in [4.78, 5) is 51.9. The first-order valence-corrected chi connectivity index (χ1v) is 10.2. The summed E-state index contributed by atoms with van der Waals surface area (Å²) < 4.78 is 16.1. The van der Waals surface area contributed by atoms with Crippen LogP contribution in [0.5, 0.6) is 0 Å². The molecular formula is C22H32O7. The molecule has 29 heavy (non-hydrogen) atoms.